The van der Waals surface area contributed by atoms with E-state index < -0.39 is 17.7 Å². The largest absolute Gasteiger partial charge is 0.481 e. The molecular weight excluding hydrogens is 276 g/mol. The van der Waals surface area contributed by atoms with E-state index in [1.807, 2.05) is 6.92 Å². The van der Waals surface area contributed by atoms with Gasteiger partial charge in [0, 0.05) is 11.6 Å². The van der Waals surface area contributed by atoms with Gasteiger partial charge in [0.1, 0.15) is 18.0 Å². The van der Waals surface area contributed by atoms with Crippen LogP contribution in [-0.2, 0) is 0 Å². The summed E-state index contributed by atoms with van der Waals surface area (Å²) in [4.78, 5) is 8.02. The molecule has 112 valence electrons. The first-order valence-electron chi connectivity index (χ1n) is 6.70. The molecule has 0 fully saturated rings. The lowest BCUT2D eigenvalue weighted by molar-refractivity contribution is 0.394. The number of benzene rings is 1. The number of ether oxygens (including phenoxy) is 1. The zero-order chi connectivity index (χ0) is 15.2. The van der Waals surface area contributed by atoms with Crippen molar-refractivity contribution in [3.8, 4) is 5.88 Å². The highest BCUT2D eigenvalue weighted by Gasteiger charge is 2.23. The van der Waals surface area contributed by atoms with Gasteiger partial charge >= 0.3 is 0 Å². The zero-order valence-corrected chi connectivity index (χ0v) is 11.9. The Hall–Kier alpha value is -2.08. The summed E-state index contributed by atoms with van der Waals surface area (Å²) in [6.07, 6.45) is 2.14. The third kappa shape index (κ3) is 3.52. The Morgan fingerprint density at radius 1 is 1.24 bits per heavy atom. The summed E-state index contributed by atoms with van der Waals surface area (Å²) in [6, 6.07) is 4.68. The third-order valence-electron chi connectivity index (χ3n) is 3.05. The lowest BCUT2D eigenvalue weighted by Crippen LogP contribution is -2.26. The molecule has 1 N–H and O–H groups in total. The van der Waals surface area contributed by atoms with Crippen LogP contribution in [0.4, 0.5) is 8.78 Å². The molecule has 1 aromatic carbocycles. The summed E-state index contributed by atoms with van der Waals surface area (Å²) < 4.78 is 33.1. The average molecular weight is 293 g/mol. The van der Waals surface area contributed by atoms with E-state index in [1.54, 1.807) is 6.07 Å². The summed E-state index contributed by atoms with van der Waals surface area (Å²) >= 11 is 0. The van der Waals surface area contributed by atoms with Crippen molar-refractivity contribution in [2.45, 2.75) is 19.4 Å². The van der Waals surface area contributed by atoms with E-state index in [0.717, 1.165) is 6.42 Å². The Bertz CT molecular complexity index is 587. The molecule has 4 nitrogen and oxygen atoms in total. The van der Waals surface area contributed by atoms with Crippen LogP contribution in [0.5, 0.6) is 5.88 Å². The number of aromatic nitrogens is 2. The van der Waals surface area contributed by atoms with Crippen LogP contribution in [0, 0.1) is 11.6 Å². The summed E-state index contributed by atoms with van der Waals surface area (Å²) in [6.45, 7) is 2.58. The molecule has 2 rings (SSSR count). The topological polar surface area (TPSA) is 47.0 Å². The summed E-state index contributed by atoms with van der Waals surface area (Å²) in [5.41, 5.74) is 0.408. The molecule has 0 saturated carbocycles. The van der Waals surface area contributed by atoms with Crippen LogP contribution in [0.1, 0.15) is 30.6 Å². The monoisotopic (exact) mass is 293 g/mol. The molecule has 0 aliphatic rings. The predicted molar refractivity (Wildman–Crippen MR) is 75.1 cm³/mol. The van der Waals surface area contributed by atoms with E-state index in [1.165, 1.54) is 31.6 Å². The maximum atomic E-state index is 14.0. The molecule has 1 aromatic heterocycles. The number of nitrogens with one attached hydrogen (secondary N) is 1. The lowest BCUT2D eigenvalue weighted by Gasteiger charge is -2.20. The normalized spacial score (nSPS) is 12.2. The minimum absolute atomic E-state index is 0.0493. The molecule has 0 aliphatic heterocycles. The fourth-order valence-corrected chi connectivity index (χ4v) is 2.05. The molecule has 1 atom stereocenters. The van der Waals surface area contributed by atoms with Crippen LogP contribution in [0.25, 0.3) is 0 Å². The predicted octanol–water partition coefficient (Wildman–Crippen LogP) is 2.85. The summed E-state index contributed by atoms with van der Waals surface area (Å²) in [5.74, 6) is -0.873. The zero-order valence-electron chi connectivity index (χ0n) is 11.9. The van der Waals surface area contributed by atoms with Crippen molar-refractivity contribution < 1.29 is 13.5 Å². The Morgan fingerprint density at radius 2 is 1.95 bits per heavy atom. The number of halogens is 2. The molecule has 0 spiro atoms. The highest BCUT2D eigenvalue weighted by Crippen LogP contribution is 2.26. The fraction of sp³-hybridized carbons (Fsp3) is 0.333. The van der Waals surface area contributed by atoms with Crippen LogP contribution >= 0.6 is 0 Å². The maximum Gasteiger partial charge on any atom is 0.216 e. The number of hydrogen-bond acceptors (Lipinski definition) is 4. The quantitative estimate of drug-likeness (QED) is 0.889. The summed E-state index contributed by atoms with van der Waals surface area (Å²) in [5, 5.41) is 3.11. The molecule has 0 aliphatic carbocycles. The van der Waals surface area contributed by atoms with Crippen molar-refractivity contribution in [2.24, 2.45) is 0 Å². The van der Waals surface area contributed by atoms with Crippen molar-refractivity contribution >= 4 is 0 Å². The van der Waals surface area contributed by atoms with Gasteiger partial charge in [0.2, 0.25) is 5.88 Å². The fourth-order valence-electron chi connectivity index (χ4n) is 2.05. The number of nitrogens with zero attached hydrogens (tertiary/aromatic N) is 2. The van der Waals surface area contributed by atoms with E-state index >= 15 is 0 Å². The van der Waals surface area contributed by atoms with Crippen LogP contribution in [-0.4, -0.2) is 23.6 Å². The van der Waals surface area contributed by atoms with Crippen LogP contribution in [0.2, 0.25) is 0 Å². The maximum absolute atomic E-state index is 14.0. The van der Waals surface area contributed by atoms with Crippen molar-refractivity contribution in [1.82, 2.24) is 15.3 Å². The smallest absolute Gasteiger partial charge is 0.216 e. The number of methoxy groups -OCH3 is 1. The Labute approximate surface area is 122 Å². The first-order valence-corrected chi connectivity index (χ1v) is 6.70. The van der Waals surface area contributed by atoms with Crippen LogP contribution in [0.3, 0.4) is 0 Å². The van der Waals surface area contributed by atoms with Gasteiger partial charge in [0.15, 0.2) is 0 Å². The second-order valence-corrected chi connectivity index (χ2v) is 4.51. The van der Waals surface area contributed by atoms with E-state index in [4.69, 9.17) is 4.74 Å². The second kappa shape index (κ2) is 7.08. The molecule has 0 radical (unpaired) electrons. The first kappa shape index (κ1) is 15.3. The molecule has 1 heterocycles. The minimum Gasteiger partial charge on any atom is -0.481 e. The highest BCUT2D eigenvalue weighted by atomic mass is 19.1. The number of rotatable bonds is 6. The molecule has 0 amide bonds. The number of hydrogen-bond donors (Lipinski definition) is 1. The van der Waals surface area contributed by atoms with Gasteiger partial charge in [0.05, 0.1) is 18.8 Å². The van der Waals surface area contributed by atoms with E-state index in [9.17, 15) is 8.78 Å². The van der Waals surface area contributed by atoms with Gasteiger partial charge in [-0.15, -0.1) is 0 Å². The average Bonchev–Trinajstić information content (AvgIpc) is 2.50. The van der Waals surface area contributed by atoms with Gasteiger partial charge in [-0.25, -0.2) is 18.7 Å². The van der Waals surface area contributed by atoms with E-state index in [2.05, 4.69) is 15.3 Å². The molecule has 0 bridgehead atoms. The molecule has 21 heavy (non-hydrogen) atoms. The Kier molecular flexibility index (Phi) is 5.16. The Balaban J connectivity index is 2.47. The van der Waals surface area contributed by atoms with Gasteiger partial charge in [-0.3, -0.25) is 0 Å². The summed E-state index contributed by atoms with van der Waals surface area (Å²) in [7, 11) is 1.48. The molecule has 2 aromatic rings. The van der Waals surface area contributed by atoms with Crippen LogP contribution in [0.15, 0.2) is 30.6 Å². The lowest BCUT2D eigenvalue weighted by atomic mass is 10.0. The second-order valence-electron chi connectivity index (χ2n) is 4.51. The van der Waals surface area contributed by atoms with Crippen molar-refractivity contribution in [1.29, 1.82) is 0 Å². The molecular formula is C15H17F2N3O. The van der Waals surface area contributed by atoms with Gasteiger partial charge in [-0.05, 0) is 25.1 Å². The van der Waals surface area contributed by atoms with Crippen molar-refractivity contribution in [3.63, 3.8) is 0 Å². The Morgan fingerprint density at radius 3 is 2.57 bits per heavy atom. The first-order chi connectivity index (χ1) is 10.2. The highest BCUT2D eigenvalue weighted by molar-refractivity contribution is 5.31. The van der Waals surface area contributed by atoms with Crippen LogP contribution < -0.4 is 10.1 Å². The molecule has 0 saturated heterocycles. The third-order valence-corrected chi connectivity index (χ3v) is 3.05. The van der Waals surface area contributed by atoms with E-state index in [0.29, 0.717) is 18.1 Å². The van der Waals surface area contributed by atoms with E-state index in [-0.39, 0.29) is 5.56 Å². The minimum atomic E-state index is -0.692. The van der Waals surface area contributed by atoms with Crippen molar-refractivity contribution in [2.75, 3.05) is 13.7 Å². The standard InChI is InChI=1S/C15H17F2N3O/c1-3-7-18-15(12-8-13(21-2)20-9-19-12)14-10(16)5-4-6-11(14)17/h4-6,8-9,15,18H,3,7H2,1-2H3. The van der Waals surface area contributed by atoms with Gasteiger partial charge in [-0.1, -0.05) is 13.0 Å². The van der Waals surface area contributed by atoms with Gasteiger partial charge < -0.3 is 10.1 Å². The van der Waals surface area contributed by atoms with Gasteiger partial charge in [-0.2, -0.15) is 0 Å². The van der Waals surface area contributed by atoms with Gasteiger partial charge in [0.25, 0.3) is 0 Å². The molecule has 1 unspecified atom stereocenters. The molecule has 6 heteroatoms. The SMILES string of the molecule is CCCNC(c1cc(OC)ncn1)c1c(F)cccc1F. The van der Waals surface area contributed by atoms with Crippen molar-refractivity contribution in [3.05, 3.63) is 53.5 Å².